The SMILES string of the molecule is Cc1ccc2nc(NC(=O)c3ccc([I-]c4ccccc4)cn3)sc2c1. The van der Waals surface area contributed by atoms with Crippen molar-refractivity contribution in [3.05, 3.63) is 85.3 Å². The van der Waals surface area contributed by atoms with Gasteiger partial charge in [0.25, 0.3) is 0 Å². The summed E-state index contributed by atoms with van der Waals surface area (Å²) in [6.07, 6.45) is 1.80. The van der Waals surface area contributed by atoms with Crippen LogP contribution < -0.4 is 26.5 Å². The van der Waals surface area contributed by atoms with E-state index in [-0.39, 0.29) is 27.1 Å². The van der Waals surface area contributed by atoms with Gasteiger partial charge >= 0.3 is 166 Å². The summed E-state index contributed by atoms with van der Waals surface area (Å²) in [4.78, 5) is 21.2. The number of rotatable bonds is 4. The van der Waals surface area contributed by atoms with Gasteiger partial charge in [-0.15, -0.1) is 0 Å². The summed E-state index contributed by atoms with van der Waals surface area (Å²) in [6.45, 7) is 2.04. The Hall–Kier alpha value is -2.32. The van der Waals surface area contributed by atoms with Crippen molar-refractivity contribution in [3.8, 4) is 0 Å². The van der Waals surface area contributed by atoms with Gasteiger partial charge < -0.3 is 0 Å². The molecule has 0 saturated carbocycles. The van der Waals surface area contributed by atoms with Crippen molar-refractivity contribution in [2.24, 2.45) is 0 Å². The summed E-state index contributed by atoms with van der Waals surface area (Å²) < 4.78 is 3.58. The topological polar surface area (TPSA) is 54.9 Å². The fourth-order valence-corrected chi connectivity index (χ4v) is 5.51. The van der Waals surface area contributed by atoms with Crippen molar-refractivity contribution in [2.45, 2.75) is 6.92 Å². The zero-order valence-electron chi connectivity index (χ0n) is 13.9. The Morgan fingerprint density at radius 3 is 2.65 bits per heavy atom. The number of nitrogens with one attached hydrogen (secondary N) is 1. The Morgan fingerprint density at radius 1 is 1.04 bits per heavy atom. The molecule has 0 aliphatic carbocycles. The van der Waals surface area contributed by atoms with Gasteiger partial charge in [0.2, 0.25) is 0 Å². The molecule has 130 valence electrons. The Kier molecular flexibility index (Phi) is 4.94. The average molecular weight is 472 g/mol. The molecule has 0 fully saturated rings. The normalized spacial score (nSPS) is 11.0. The van der Waals surface area contributed by atoms with Crippen molar-refractivity contribution in [3.63, 3.8) is 0 Å². The maximum atomic E-state index is 12.4. The fourth-order valence-electron chi connectivity index (χ4n) is 2.42. The fraction of sp³-hybridized carbons (Fsp3) is 0.0500. The number of hydrogen-bond donors (Lipinski definition) is 1. The molecule has 2 aromatic carbocycles. The first-order valence-corrected chi connectivity index (χ1v) is 11.0. The Labute approximate surface area is 165 Å². The number of thiazole rings is 1. The molecular formula is C20H15IN3OS-. The van der Waals surface area contributed by atoms with E-state index in [1.807, 2.05) is 43.3 Å². The molecule has 0 radical (unpaired) electrons. The van der Waals surface area contributed by atoms with Crippen molar-refractivity contribution in [1.82, 2.24) is 9.97 Å². The number of nitrogens with zero attached hydrogens (tertiary/aromatic N) is 2. The van der Waals surface area contributed by atoms with Crippen LogP contribution in [-0.4, -0.2) is 15.9 Å². The quantitative estimate of drug-likeness (QED) is 0.457. The molecule has 26 heavy (non-hydrogen) atoms. The van der Waals surface area contributed by atoms with Gasteiger partial charge in [-0.25, -0.2) is 0 Å². The molecule has 1 amide bonds. The monoisotopic (exact) mass is 472 g/mol. The van der Waals surface area contributed by atoms with E-state index in [0.29, 0.717) is 10.8 Å². The summed E-state index contributed by atoms with van der Waals surface area (Å²) >= 11 is 1.20. The number of hydrogen-bond acceptors (Lipinski definition) is 4. The van der Waals surface area contributed by atoms with E-state index in [1.54, 1.807) is 12.3 Å². The number of carbonyl (C=O) groups is 1. The second-order valence-corrected chi connectivity index (χ2v) is 9.76. The maximum absolute atomic E-state index is 12.4. The van der Waals surface area contributed by atoms with Gasteiger partial charge in [-0.2, -0.15) is 0 Å². The van der Waals surface area contributed by atoms with E-state index in [2.05, 4.69) is 33.5 Å². The predicted octanol–water partition coefficient (Wildman–Crippen LogP) is 1.38. The molecule has 0 saturated heterocycles. The molecule has 2 aromatic heterocycles. The Balaban J connectivity index is 1.47. The second kappa shape index (κ2) is 7.51. The van der Waals surface area contributed by atoms with Crippen LogP contribution in [0.15, 0.2) is 66.9 Å². The predicted molar refractivity (Wildman–Crippen MR) is 100 cm³/mol. The standard InChI is InChI=1S/C20H15IN3OS/c1-13-7-9-16-18(11-13)26-20(23-16)24-19(25)17-10-8-15(12-22-17)21-14-5-3-2-4-6-14/h2-12H,1H3,(H,23,24,25)/q-1. The first-order valence-electron chi connectivity index (χ1n) is 8.02. The van der Waals surface area contributed by atoms with Crippen molar-refractivity contribution < 1.29 is 26.0 Å². The molecule has 4 aromatic rings. The molecule has 6 heteroatoms. The van der Waals surface area contributed by atoms with Gasteiger partial charge in [-0.3, -0.25) is 0 Å². The van der Waals surface area contributed by atoms with Gasteiger partial charge in [0.1, 0.15) is 0 Å². The number of carbonyl (C=O) groups excluding carboxylic acids is 1. The van der Waals surface area contributed by atoms with Gasteiger partial charge in [0.15, 0.2) is 0 Å². The van der Waals surface area contributed by atoms with E-state index in [1.165, 1.54) is 24.0 Å². The number of benzene rings is 2. The summed E-state index contributed by atoms with van der Waals surface area (Å²) in [6, 6.07) is 20.2. The van der Waals surface area contributed by atoms with Crippen LogP contribution in [0, 0.1) is 14.1 Å². The Morgan fingerprint density at radius 2 is 1.88 bits per heavy atom. The molecule has 0 unspecified atom stereocenters. The third-order valence-electron chi connectivity index (χ3n) is 3.68. The third-order valence-corrected chi connectivity index (χ3v) is 7.21. The third kappa shape index (κ3) is 3.91. The van der Waals surface area contributed by atoms with Gasteiger partial charge in [-0.1, -0.05) is 0 Å². The van der Waals surface area contributed by atoms with E-state index in [0.717, 1.165) is 10.2 Å². The van der Waals surface area contributed by atoms with Crippen LogP contribution in [0.1, 0.15) is 16.1 Å². The van der Waals surface area contributed by atoms with Crippen LogP contribution in [0.3, 0.4) is 0 Å². The minimum atomic E-state index is -0.275. The Bertz CT molecular complexity index is 1060. The van der Waals surface area contributed by atoms with Gasteiger partial charge in [0, 0.05) is 0 Å². The zero-order chi connectivity index (χ0) is 17.9. The number of aromatic nitrogens is 2. The molecule has 2 heterocycles. The van der Waals surface area contributed by atoms with Gasteiger partial charge in [0.05, 0.1) is 0 Å². The van der Waals surface area contributed by atoms with Crippen LogP contribution in [-0.2, 0) is 0 Å². The number of fused-ring (bicyclic) bond motifs is 1. The van der Waals surface area contributed by atoms with Crippen molar-refractivity contribution in [2.75, 3.05) is 5.32 Å². The van der Waals surface area contributed by atoms with E-state index in [9.17, 15) is 4.79 Å². The molecule has 0 spiro atoms. The van der Waals surface area contributed by atoms with Crippen molar-refractivity contribution >= 4 is 32.6 Å². The van der Waals surface area contributed by atoms with E-state index >= 15 is 0 Å². The molecule has 4 nitrogen and oxygen atoms in total. The summed E-state index contributed by atoms with van der Waals surface area (Å²) in [5.74, 6) is -0.231. The van der Waals surface area contributed by atoms with E-state index in [4.69, 9.17) is 0 Å². The number of pyridine rings is 1. The van der Waals surface area contributed by atoms with Crippen molar-refractivity contribution in [1.29, 1.82) is 0 Å². The molecule has 0 aliphatic heterocycles. The van der Waals surface area contributed by atoms with E-state index < -0.39 is 0 Å². The molecular weight excluding hydrogens is 457 g/mol. The second-order valence-electron chi connectivity index (χ2n) is 5.70. The van der Waals surface area contributed by atoms with Crippen LogP contribution in [0.25, 0.3) is 10.2 Å². The number of halogens is 1. The summed E-state index contributed by atoms with van der Waals surface area (Å²) in [5, 5.41) is 3.45. The molecule has 0 aliphatic rings. The molecule has 0 atom stereocenters. The van der Waals surface area contributed by atoms with Gasteiger partial charge in [-0.05, 0) is 0 Å². The molecule has 1 N–H and O–H groups in total. The minimum absolute atomic E-state index is 0.231. The zero-order valence-corrected chi connectivity index (χ0v) is 16.9. The number of aryl methyl sites for hydroxylation is 1. The first kappa shape index (κ1) is 17.1. The first-order chi connectivity index (χ1) is 12.7. The number of anilines is 1. The molecule has 0 bridgehead atoms. The molecule has 4 rings (SSSR count). The van der Waals surface area contributed by atoms with Crippen LogP contribution >= 0.6 is 11.3 Å². The number of amides is 1. The summed E-state index contributed by atoms with van der Waals surface area (Å²) in [5.41, 5.74) is 2.48. The van der Waals surface area contributed by atoms with Crippen LogP contribution in [0.5, 0.6) is 0 Å². The van der Waals surface area contributed by atoms with Crippen LogP contribution in [0.2, 0.25) is 0 Å². The average Bonchev–Trinajstić information content (AvgIpc) is 3.04. The van der Waals surface area contributed by atoms with Crippen LogP contribution in [0.4, 0.5) is 5.13 Å². The summed E-state index contributed by atoms with van der Waals surface area (Å²) in [7, 11) is 0.